The Bertz CT molecular complexity index is 531. The number of ether oxygens (including phenoxy) is 2. The van der Waals surface area contributed by atoms with Gasteiger partial charge in [-0.25, -0.2) is 0 Å². The lowest BCUT2D eigenvalue weighted by molar-refractivity contribution is -0.239. The molecule has 0 N–H and O–H groups in total. The van der Waals surface area contributed by atoms with Crippen LogP contribution >= 0.6 is 0 Å². The van der Waals surface area contributed by atoms with Crippen LogP contribution in [-0.2, 0) is 19.1 Å². The van der Waals surface area contributed by atoms with Gasteiger partial charge in [-0.15, -0.1) is 0 Å². The molecule has 2 bridgehead atoms. The van der Waals surface area contributed by atoms with Gasteiger partial charge in [0.25, 0.3) is 0 Å². The fourth-order valence-corrected chi connectivity index (χ4v) is 4.24. The number of hydrogen-bond acceptors (Lipinski definition) is 4. The Balaban J connectivity index is 1.83. The molecule has 6 unspecified atom stereocenters. The minimum atomic E-state index is -4.67. The van der Waals surface area contributed by atoms with Gasteiger partial charge in [0.05, 0.1) is 5.92 Å². The maximum atomic E-state index is 13.2. The zero-order chi connectivity index (χ0) is 16.5. The summed E-state index contributed by atoms with van der Waals surface area (Å²) in [6.07, 6.45) is -4.64. The van der Waals surface area contributed by atoms with Crippen LogP contribution in [0.2, 0.25) is 0 Å². The van der Waals surface area contributed by atoms with E-state index in [0.717, 1.165) is 6.92 Å². The van der Waals surface area contributed by atoms with Crippen molar-refractivity contribution in [1.82, 2.24) is 0 Å². The molecule has 4 nitrogen and oxygen atoms in total. The molecule has 3 aliphatic rings. The molecule has 0 spiro atoms. The Kier molecular flexibility index (Phi) is 3.11. The van der Waals surface area contributed by atoms with Gasteiger partial charge in [0.15, 0.2) is 5.41 Å². The van der Waals surface area contributed by atoms with Crippen molar-refractivity contribution in [3.05, 3.63) is 0 Å². The molecular formula is C15H19F3O4. The quantitative estimate of drug-likeness (QED) is 0.750. The van der Waals surface area contributed by atoms with Gasteiger partial charge in [-0.2, -0.15) is 13.2 Å². The summed E-state index contributed by atoms with van der Waals surface area (Å²) in [5, 5.41) is 0. The Hall–Kier alpha value is -1.27. The second-order valence-corrected chi connectivity index (χ2v) is 7.06. The lowest BCUT2D eigenvalue weighted by Gasteiger charge is -2.37. The Morgan fingerprint density at radius 3 is 2.59 bits per heavy atom. The third-order valence-corrected chi connectivity index (χ3v) is 5.97. The van der Waals surface area contributed by atoms with Crippen LogP contribution in [0.4, 0.5) is 13.2 Å². The molecule has 124 valence electrons. The average Bonchev–Trinajstić information content (AvgIpc) is 2.99. The van der Waals surface area contributed by atoms with Crippen LogP contribution in [0.25, 0.3) is 0 Å². The molecule has 1 saturated heterocycles. The van der Waals surface area contributed by atoms with E-state index in [4.69, 9.17) is 9.47 Å². The first-order valence-electron chi connectivity index (χ1n) is 7.55. The van der Waals surface area contributed by atoms with Crippen molar-refractivity contribution < 1.29 is 32.2 Å². The summed E-state index contributed by atoms with van der Waals surface area (Å²) in [5.41, 5.74) is -3.51. The molecule has 1 heterocycles. The van der Waals surface area contributed by atoms with Gasteiger partial charge in [0.2, 0.25) is 0 Å². The largest absolute Gasteiger partial charge is 0.457 e. The molecule has 7 heteroatoms. The second-order valence-electron chi connectivity index (χ2n) is 7.06. The Labute approximate surface area is 126 Å². The van der Waals surface area contributed by atoms with Crippen molar-refractivity contribution in [1.29, 1.82) is 0 Å². The molecule has 0 amide bonds. The minimum Gasteiger partial charge on any atom is -0.457 e. The van der Waals surface area contributed by atoms with Crippen molar-refractivity contribution in [2.45, 2.75) is 57.9 Å². The van der Waals surface area contributed by atoms with Crippen LogP contribution in [-0.4, -0.2) is 29.8 Å². The van der Waals surface area contributed by atoms with E-state index in [0.29, 0.717) is 12.8 Å². The first-order valence-corrected chi connectivity index (χ1v) is 7.55. The highest BCUT2D eigenvalue weighted by Crippen LogP contribution is 2.61. The van der Waals surface area contributed by atoms with Crippen molar-refractivity contribution in [2.75, 3.05) is 0 Å². The maximum Gasteiger partial charge on any atom is 0.404 e. The van der Waals surface area contributed by atoms with Crippen LogP contribution in [0, 0.1) is 23.2 Å². The number of rotatable bonds is 3. The molecule has 0 aromatic rings. The predicted octanol–water partition coefficient (Wildman–Crippen LogP) is 2.85. The summed E-state index contributed by atoms with van der Waals surface area (Å²) in [5.74, 6) is -1.93. The fraction of sp³-hybridized carbons (Fsp3) is 0.867. The van der Waals surface area contributed by atoms with Gasteiger partial charge < -0.3 is 9.47 Å². The van der Waals surface area contributed by atoms with Crippen molar-refractivity contribution in [3.8, 4) is 0 Å². The predicted molar refractivity (Wildman–Crippen MR) is 68.5 cm³/mol. The molecule has 6 atom stereocenters. The number of fused-ring (bicyclic) bond motifs is 1. The normalized spacial score (nSPS) is 42.2. The molecule has 0 radical (unpaired) electrons. The molecule has 1 aliphatic heterocycles. The topological polar surface area (TPSA) is 52.6 Å². The average molecular weight is 320 g/mol. The third-order valence-electron chi connectivity index (χ3n) is 5.97. The van der Waals surface area contributed by atoms with Gasteiger partial charge in [0, 0.05) is 11.8 Å². The van der Waals surface area contributed by atoms with E-state index in [9.17, 15) is 22.8 Å². The van der Waals surface area contributed by atoms with Gasteiger partial charge in [-0.3, -0.25) is 9.59 Å². The monoisotopic (exact) mass is 320 g/mol. The summed E-state index contributed by atoms with van der Waals surface area (Å²) >= 11 is 0. The molecular weight excluding hydrogens is 301 g/mol. The fourth-order valence-electron chi connectivity index (χ4n) is 4.24. The minimum absolute atomic E-state index is 0.0541. The zero-order valence-electron chi connectivity index (χ0n) is 12.7. The molecule has 2 saturated carbocycles. The van der Waals surface area contributed by atoms with E-state index >= 15 is 0 Å². The van der Waals surface area contributed by atoms with Crippen molar-refractivity contribution in [2.24, 2.45) is 23.2 Å². The second kappa shape index (κ2) is 4.38. The Morgan fingerprint density at radius 1 is 1.41 bits per heavy atom. The van der Waals surface area contributed by atoms with E-state index in [1.165, 1.54) is 6.92 Å². The highest BCUT2D eigenvalue weighted by Gasteiger charge is 2.71. The van der Waals surface area contributed by atoms with Gasteiger partial charge in [-0.1, -0.05) is 6.92 Å². The number of esters is 2. The number of hydrogen-bond donors (Lipinski definition) is 0. The number of halogens is 3. The summed E-state index contributed by atoms with van der Waals surface area (Å²) in [6, 6.07) is 0. The zero-order valence-corrected chi connectivity index (χ0v) is 12.7. The molecule has 22 heavy (non-hydrogen) atoms. The number of carbonyl (C=O) groups excluding carboxylic acids is 2. The highest BCUT2D eigenvalue weighted by molar-refractivity contribution is 5.79. The lowest BCUT2D eigenvalue weighted by atomic mass is 9.79. The van der Waals surface area contributed by atoms with Crippen LogP contribution < -0.4 is 0 Å². The van der Waals surface area contributed by atoms with E-state index in [-0.39, 0.29) is 23.7 Å². The van der Waals surface area contributed by atoms with Gasteiger partial charge in [0.1, 0.15) is 11.7 Å². The number of carbonyl (C=O) groups is 2. The first-order chi connectivity index (χ1) is 10.0. The first kappa shape index (κ1) is 15.6. The summed E-state index contributed by atoms with van der Waals surface area (Å²) < 4.78 is 50.2. The van der Waals surface area contributed by atoms with Crippen molar-refractivity contribution in [3.63, 3.8) is 0 Å². The van der Waals surface area contributed by atoms with E-state index in [1.807, 2.05) is 0 Å². The lowest BCUT2D eigenvalue weighted by Crippen LogP contribution is -2.51. The highest BCUT2D eigenvalue weighted by atomic mass is 19.4. The summed E-state index contributed by atoms with van der Waals surface area (Å²) in [6.45, 7) is 3.83. The molecule has 3 rings (SSSR count). The van der Waals surface area contributed by atoms with Gasteiger partial charge >= 0.3 is 18.1 Å². The van der Waals surface area contributed by atoms with Crippen LogP contribution in [0.3, 0.4) is 0 Å². The SMILES string of the molecule is CCC(C)(C(=O)OC1C2CC3C(=O)OC1(C)C3C2)C(F)(F)F. The summed E-state index contributed by atoms with van der Waals surface area (Å²) in [7, 11) is 0. The van der Waals surface area contributed by atoms with E-state index in [1.54, 1.807) is 6.92 Å². The standard InChI is InChI=1S/C15H19F3O4/c1-4-13(2,15(16,17)18)12(20)21-10-7-5-8-9(6-7)14(10,3)22-11(8)19/h7-10H,4-6H2,1-3H3. The smallest absolute Gasteiger partial charge is 0.404 e. The molecule has 0 aromatic heterocycles. The number of alkyl halides is 3. The summed E-state index contributed by atoms with van der Waals surface area (Å²) in [4.78, 5) is 24.0. The third kappa shape index (κ3) is 1.77. The van der Waals surface area contributed by atoms with Crippen molar-refractivity contribution >= 4 is 11.9 Å². The molecule has 3 fully saturated rings. The van der Waals surface area contributed by atoms with E-state index < -0.39 is 35.7 Å². The Morgan fingerprint density at radius 2 is 2.05 bits per heavy atom. The van der Waals surface area contributed by atoms with Crippen LogP contribution in [0.5, 0.6) is 0 Å². The van der Waals surface area contributed by atoms with Gasteiger partial charge in [-0.05, 0) is 33.1 Å². The molecule has 2 aliphatic carbocycles. The van der Waals surface area contributed by atoms with Crippen LogP contribution in [0.15, 0.2) is 0 Å². The van der Waals surface area contributed by atoms with E-state index in [2.05, 4.69) is 0 Å². The molecule has 0 aromatic carbocycles. The van der Waals surface area contributed by atoms with Crippen LogP contribution in [0.1, 0.15) is 40.0 Å². The maximum absolute atomic E-state index is 13.2.